The molecule has 0 radical (unpaired) electrons. The van der Waals surface area contributed by atoms with Gasteiger partial charge in [-0.05, 0) is 56.0 Å². The van der Waals surface area contributed by atoms with Crippen molar-refractivity contribution in [3.8, 4) is 0 Å². The van der Waals surface area contributed by atoms with Crippen molar-refractivity contribution >= 4 is 17.2 Å². The third kappa shape index (κ3) is 4.26. The standard InChI is InChI=1S/C20H30N2O2S/c23-19(13-18-3-1-12-25-18)22-9-7-20(16-22)6-2-8-21(15-20)14-17-4-10-24-11-5-17/h1,3,12,17H,2,4-11,13-16H2/t20-/m0/s1. The second-order valence-corrected chi connectivity index (χ2v) is 9.25. The minimum Gasteiger partial charge on any atom is -0.381 e. The molecule has 4 nitrogen and oxygen atoms in total. The number of piperidine rings is 1. The van der Waals surface area contributed by atoms with Crippen LogP contribution in [0.15, 0.2) is 17.5 Å². The maximum absolute atomic E-state index is 12.6. The quantitative estimate of drug-likeness (QED) is 0.825. The highest BCUT2D eigenvalue weighted by Gasteiger charge is 2.42. The number of rotatable bonds is 4. The molecule has 1 amide bonds. The van der Waals surface area contributed by atoms with Crippen LogP contribution >= 0.6 is 11.3 Å². The predicted octanol–water partition coefficient (Wildman–Crippen LogP) is 3.03. The lowest BCUT2D eigenvalue weighted by Gasteiger charge is -2.42. The number of hydrogen-bond acceptors (Lipinski definition) is 4. The van der Waals surface area contributed by atoms with Crippen LogP contribution in [-0.4, -0.2) is 61.6 Å². The first-order valence-electron chi connectivity index (χ1n) is 9.83. The summed E-state index contributed by atoms with van der Waals surface area (Å²) in [6.45, 7) is 7.46. The highest BCUT2D eigenvalue weighted by molar-refractivity contribution is 7.10. The SMILES string of the molecule is O=C(Cc1cccs1)N1CC[C@]2(CCCN(CC3CCOCC3)C2)C1. The Balaban J connectivity index is 1.31. The van der Waals surface area contributed by atoms with Crippen LogP contribution in [0.3, 0.4) is 0 Å². The lowest BCUT2D eigenvalue weighted by atomic mass is 9.79. The summed E-state index contributed by atoms with van der Waals surface area (Å²) in [5.74, 6) is 1.13. The molecule has 1 aromatic rings. The zero-order chi connectivity index (χ0) is 17.1. The Kier molecular flexibility index (Phi) is 5.44. The smallest absolute Gasteiger partial charge is 0.227 e. The van der Waals surface area contributed by atoms with Crippen molar-refractivity contribution in [1.29, 1.82) is 0 Å². The Morgan fingerprint density at radius 1 is 1.24 bits per heavy atom. The summed E-state index contributed by atoms with van der Waals surface area (Å²) < 4.78 is 5.50. The Bertz CT molecular complexity index is 570. The number of carbonyl (C=O) groups excluding carboxylic acids is 1. The van der Waals surface area contributed by atoms with Gasteiger partial charge in [0, 0.05) is 49.7 Å². The monoisotopic (exact) mass is 362 g/mol. The van der Waals surface area contributed by atoms with Crippen LogP contribution in [0.2, 0.25) is 0 Å². The number of carbonyl (C=O) groups is 1. The Morgan fingerprint density at radius 2 is 2.12 bits per heavy atom. The van der Waals surface area contributed by atoms with Crippen LogP contribution in [0.25, 0.3) is 0 Å². The summed E-state index contributed by atoms with van der Waals surface area (Å²) in [5, 5.41) is 2.06. The summed E-state index contributed by atoms with van der Waals surface area (Å²) in [5.41, 5.74) is 0.356. The van der Waals surface area contributed by atoms with Crippen LogP contribution < -0.4 is 0 Å². The van der Waals surface area contributed by atoms with Crippen molar-refractivity contribution in [2.24, 2.45) is 11.3 Å². The van der Waals surface area contributed by atoms with Gasteiger partial charge in [0.1, 0.15) is 0 Å². The third-order valence-corrected chi connectivity index (χ3v) is 7.17. The maximum Gasteiger partial charge on any atom is 0.227 e. The number of nitrogens with zero attached hydrogens (tertiary/aromatic N) is 2. The fraction of sp³-hybridized carbons (Fsp3) is 0.750. The summed E-state index contributed by atoms with van der Waals surface area (Å²) in [4.78, 5) is 18.7. The van der Waals surface area contributed by atoms with Gasteiger partial charge in [-0.25, -0.2) is 0 Å². The van der Waals surface area contributed by atoms with Crippen molar-refractivity contribution in [2.75, 3.05) is 45.9 Å². The molecule has 4 heterocycles. The Morgan fingerprint density at radius 3 is 2.92 bits per heavy atom. The van der Waals surface area contributed by atoms with Crippen LogP contribution in [0.5, 0.6) is 0 Å². The summed E-state index contributed by atoms with van der Waals surface area (Å²) in [6, 6.07) is 4.11. The molecule has 0 aromatic carbocycles. The molecular weight excluding hydrogens is 332 g/mol. The van der Waals surface area contributed by atoms with Gasteiger partial charge in [-0.3, -0.25) is 4.79 Å². The van der Waals surface area contributed by atoms with E-state index >= 15 is 0 Å². The third-order valence-electron chi connectivity index (χ3n) is 6.29. The molecule has 3 aliphatic heterocycles. The average molecular weight is 363 g/mol. The normalized spacial score (nSPS) is 28.7. The molecule has 0 aliphatic carbocycles. The molecule has 0 bridgehead atoms. The van der Waals surface area contributed by atoms with Crippen LogP contribution in [0.4, 0.5) is 0 Å². The number of ether oxygens (including phenoxy) is 1. The van der Waals surface area contributed by atoms with Crippen LogP contribution in [0.1, 0.15) is 37.0 Å². The van der Waals surface area contributed by atoms with Gasteiger partial charge in [0.2, 0.25) is 5.91 Å². The van der Waals surface area contributed by atoms with E-state index in [1.807, 2.05) is 6.07 Å². The Labute approximate surface area is 155 Å². The van der Waals surface area contributed by atoms with Crippen LogP contribution in [-0.2, 0) is 16.0 Å². The van der Waals surface area contributed by atoms with E-state index in [1.165, 1.54) is 56.6 Å². The summed E-state index contributed by atoms with van der Waals surface area (Å²) >= 11 is 1.69. The molecule has 3 fully saturated rings. The van der Waals surface area contributed by atoms with Crippen molar-refractivity contribution in [3.63, 3.8) is 0 Å². The van der Waals surface area contributed by atoms with E-state index in [9.17, 15) is 4.79 Å². The minimum atomic E-state index is 0.320. The highest BCUT2D eigenvalue weighted by atomic mass is 32.1. The van der Waals surface area contributed by atoms with Crippen molar-refractivity contribution in [1.82, 2.24) is 9.80 Å². The number of amides is 1. The van der Waals surface area contributed by atoms with Crippen LogP contribution in [0, 0.1) is 11.3 Å². The molecular formula is C20H30N2O2S. The van der Waals surface area contributed by atoms with Gasteiger partial charge in [0.05, 0.1) is 6.42 Å². The summed E-state index contributed by atoms with van der Waals surface area (Å²) in [7, 11) is 0. The maximum atomic E-state index is 12.6. The second kappa shape index (κ2) is 7.77. The van der Waals surface area contributed by atoms with E-state index in [2.05, 4.69) is 21.2 Å². The van der Waals surface area contributed by atoms with Crippen molar-refractivity contribution in [3.05, 3.63) is 22.4 Å². The minimum absolute atomic E-state index is 0.320. The highest BCUT2D eigenvalue weighted by Crippen LogP contribution is 2.39. The molecule has 0 N–H and O–H groups in total. The van der Waals surface area contributed by atoms with Crippen molar-refractivity contribution in [2.45, 2.75) is 38.5 Å². The fourth-order valence-electron chi connectivity index (χ4n) is 4.92. The largest absolute Gasteiger partial charge is 0.381 e. The van der Waals surface area contributed by atoms with E-state index in [-0.39, 0.29) is 0 Å². The molecule has 25 heavy (non-hydrogen) atoms. The molecule has 1 atom stereocenters. The average Bonchev–Trinajstić information content (AvgIpc) is 3.26. The first-order valence-corrected chi connectivity index (χ1v) is 10.7. The van der Waals surface area contributed by atoms with Gasteiger partial charge in [-0.1, -0.05) is 6.07 Å². The molecule has 4 rings (SSSR count). The zero-order valence-corrected chi connectivity index (χ0v) is 15.9. The van der Waals surface area contributed by atoms with Gasteiger partial charge < -0.3 is 14.5 Å². The van der Waals surface area contributed by atoms with Gasteiger partial charge in [0.15, 0.2) is 0 Å². The lowest BCUT2D eigenvalue weighted by molar-refractivity contribution is -0.130. The first kappa shape index (κ1) is 17.5. The molecule has 1 aromatic heterocycles. The fourth-order valence-corrected chi connectivity index (χ4v) is 5.61. The molecule has 5 heteroatoms. The predicted molar refractivity (Wildman–Crippen MR) is 101 cm³/mol. The van der Waals surface area contributed by atoms with E-state index in [0.717, 1.165) is 32.2 Å². The molecule has 0 saturated carbocycles. The topological polar surface area (TPSA) is 32.8 Å². The lowest BCUT2D eigenvalue weighted by Crippen LogP contribution is -2.47. The van der Waals surface area contributed by atoms with Crippen molar-refractivity contribution < 1.29 is 9.53 Å². The molecule has 0 unspecified atom stereocenters. The van der Waals surface area contributed by atoms with Gasteiger partial charge in [-0.15, -0.1) is 11.3 Å². The number of thiophene rings is 1. The first-order chi connectivity index (χ1) is 12.2. The van der Waals surface area contributed by atoms with Gasteiger partial charge in [-0.2, -0.15) is 0 Å². The van der Waals surface area contributed by atoms with E-state index < -0.39 is 0 Å². The Hall–Kier alpha value is -0.910. The molecule has 3 saturated heterocycles. The molecule has 138 valence electrons. The van der Waals surface area contributed by atoms with E-state index in [1.54, 1.807) is 11.3 Å². The zero-order valence-electron chi connectivity index (χ0n) is 15.1. The summed E-state index contributed by atoms with van der Waals surface area (Å²) in [6.07, 6.45) is 6.78. The number of likely N-dealkylation sites (tertiary alicyclic amines) is 2. The van der Waals surface area contributed by atoms with E-state index in [4.69, 9.17) is 4.74 Å². The number of hydrogen-bond donors (Lipinski definition) is 0. The van der Waals surface area contributed by atoms with Gasteiger partial charge >= 0.3 is 0 Å². The molecule has 3 aliphatic rings. The second-order valence-electron chi connectivity index (χ2n) is 8.22. The van der Waals surface area contributed by atoms with Gasteiger partial charge in [0.25, 0.3) is 0 Å². The van der Waals surface area contributed by atoms with E-state index in [0.29, 0.717) is 17.7 Å². The molecule has 1 spiro atoms.